The van der Waals surface area contributed by atoms with E-state index in [0.29, 0.717) is 17.2 Å². The van der Waals surface area contributed by atoms with E-state index in [-0.39, 0.29) is 5.91 Å². The van der Waals surface area contributed by atoms with Crippen molar-refractivity contribution in [2.75, 3.05) is 5.32 Å². The Morgan fingerprint density at radius 3 is 2.37 bits per heavy atom. The minimum atomic E-state index is -0.126. The summed E-state index contributed by atoms with van der Waals surface area (Å²) >= 11 is 3.25. The molecular formula is C15H15BrN2O. The molecule has 0 bridgehead atoms. The molecule has 0 fully saturated rings. The van der Waals surface area contributed by atoms with E-state index in [1.165, 1.54) is 5.56 Å². The normalized spacial score (nSPS) is 10.5. The van der Waals surface area contributed by atoms with Crippen LogP contribution in [0.3, 0.4) is 0 Å². The fourth-order valence-corrected chi connectivity index (χ4v) is 1.91. The highest BCUT2D eigenvalue weighted by atomic mass is 79.9. The number of amides is 1. The number of anilines is 1. The number of nitrogens with one attached hydrogen (secondary N) is 1. The maximum absolute atomic E-state index is 12.0. The van der Waals surface area contributed by atoms with Gasteiger partial charge in [0, 0.05) is 5.56 Å². The van der Waals surface area contributed by atoms with Gasteiger partial charge in [-0.15, -0.1) is 0 Å². The lowest BCUT2D eigenvalue weighted by atomic mass is 10.0. The Hall–Kier alpha value is -1.68. The summed E-state index contributed by atoms with van der Waals surface area (Å²) in [5.41, 5.74) is 2.55. The number of nitrogens with zero attached hydrogens (tertiary/aromatic N) is 1. The van der Waals surface area contributed by atoms with E-state index in [1.807, 2.05) is 24.3 Å². The summed E-state index contributed by atoms with van der Waals surface area (Å²) in [5.74, 6) is 0.340. The van der Waals surface area contributed by atoms with E-state index < -0.39 is 0 Å². The van der Waals surface area contributed by atoms with E-state index in [4.69, 9.17) is 0 Å². The van der Waals surface area contributed by atoms with Crippen molar-refractivity contribution in [3.8, 4) is 0 Å². The minimum Gasteiger partial charge on any atom is -0.321 e. The van der Waals surface area contributed by atoms with Crippen molar-refractivity contribution in [1.29, 1.82) is 0 Å². The van der Waals surface area contributed by atoms with Gasteiger partial charge in [-0.2, -0.15) is 0 Å². The molecule has 0 radical (unpaired) electrons. The van der Waals surface area contributed by atoms with Crippen LogP contribution in [-0.4, -0.2) is 10.9 Å². The Morgan fingerprint density at radius 1 is 1.16 bits per heavy atom. The van der Waals surface area contributed by atoms with Crippen LogP contribution >= 0.6 is 15.9 Å². The average molecular weight is 319 g/mol. The van der Waals surface area contributed by atoms with Crippen LogP contribution in [0.1, 0.15) is 35.7 Å². The lowest BCUT2D eigenvalue weighted by Crippen LogP contribution is -2.12. The zero-order chi connectivity index (χ0) is 13.8. The van der Waals surface area contributed by atoms with Crippen molar-refractivity contribution < 1.29 is 4.79 Å². The monoisotopic (exact) mass is 318 g/mol. The molecule has 1 amide bonds. The number of carbonyl (C=O) groups is 1. The second kappa shape index (κ2) is 5.97. The Balaban J connectivity index is 2.09. The van der Waals surface area contributed by atoms with Crippen LogP contribution in [0, 0.1) is 0 Å². The van der Waals surface area contributed by atoms with Crippen LogP contribution in [0.2, 0.25) is 0 Å². The lowest BCUT2D eigenvalue weighted by molar-refractivity contribution is 0.102. The number of aromatic nitrogens is 1. The number of hydrogen-bond acceptors (Lipinski definition) is 2. The summed E-state index contributed by atoms with van der Waals surface area (Å²) in [6, 6.07) is 11.3. The van der Waals surface area contributed by atoms with Gasteiger partial charge in [-0.25, -0.2) is 4.98 Å². The molecule has 1 heterocycles. The van der Waals surface area contributed by atoms with Gasteiger partial charge in [-0.05, 0) is 51.7 Å². The number of benzene rings is 1. The molecule has 4 heteroatoms. The molecule has 3 nitrogen and oxygen atoms in total. The third-order valence-corrected chi connectivity index (χ3v) is 3.29. The van der Waals surface area contributed by atoms with E-state index in [9.17, 15) is 4.79 Å². The smallest absolute Gasteiger partial charge is 0.255 e. The predicted molar refractivity (Wildman–Crippen MR) is 80.4 cm³/mol. The zero-order valence-electron chi connectivity index (χ0n) is 10.9. The van der Waals surface area contributed by atoms with Crippen LogP contribution in [0.4, 0.5) is 5.69 Å². The fourth-order valence-electron chi connectivity index (χ4n) is 1.67. The first-order chi connectivity index (χ1) is 9.06. The van der Waals surface area contributed by atoms with Crippen LogP contribution in [-0.2, 0) is 0 Å². The van der Waals surface area contributed by atoms with E-state index in [2.05, 4.69) is 40.1 Å². The van der Waals surface area contributed by atoms with Crippen LogP contribution < -0.4 is 5.32 Å². The Labute approximate surface area is 121 Å². The zero-order valence-corrected chi connectivity index (χ0v) is 12.4. The van der Waals surface area contributed by atoms with E-state index in [0.717, 1.165) is 4.60 Å². The van der Waals surface area contributed by atoms with Crippen molar-refractivity contribution in [2.45, 2.75) is 19.8 Å². The number of halogens is 1. The van der Waals surface area contributed by atoms with Gasteiger partial charge in [0.25, 0.3) is 5.91 Å². The molecular weight excluding hydrogens is 304 g/mol. The summed E-state index contributed by atoms with van der Waals surface area (Å²) in [4.78, 5) is 16.1. The SMILES string of the molecule is CC(C)c1ccc(C(=O)Nc2ccc(Br)nc2)cc1. The molecule has 0 unspecified atom stereocenters. The second-order valence-corrected chi connectivity index (χ2v) is 5.41. The molecule has 0 saturated heterocycles. The molecule has 98 valence electrons. The van der Waals surface area contributed by atoms with Gasteiger partial charge in [0.1, 0.15) is 4.60 Å². The van der Waals surface area contributed by atoms with Gasteiger partial charge in [0.2, 0.25) is 0 Å². The third-order valence-electron chi connectivity index (χ3n) is 2.82. The highest BCUT2D eigenvalue weighted by Crippen LogP contribution is 2.16. The molecule has 0 aliphatic heterocycles. The molecule has 0 spiro atoms. The maximum Gasteiger partial charge on any atom is 0.255 e. The van der Waals surface area contributed by atoms with Gasteiger partial charge < -0.3 is 5.32 Å². The van der Waals surface area contributed by atoms with Crippen molar-refractivity contribution in [1.82, 2.24) is 4.98 Å². The number of hydrogen-bond donors (Lipinski definition) is 1. The lowest BCUT2D eigenvalue weighted by Gasteiger charge is -2.07. The first-order valence-corrected chi connectivity index (χ1v) is 6.88. The molecule has 1 aromatic heterocycles. The van der Waals surface area contributed by atoms with Crippen molar-refractivity contribution in [3.63, 3.8) is 0 Å². The molecule has 2 aromatic rings. The molecule has 2 rings (SSSR count). The molecule has 0 aliphatic rings. The highest BCUT2D eigenvalue weighted by Gasteiger charge is 2.07. The van der Waals surface area contributed by atoms with E-state index >= 15 is 0 Å². The molecule has 1 N–H and O–H groups in total. The first-order valence-electron chi connectivity index (χ1n) is 6.09. The van der Waals surface area contributed by atoms with Crippen LogP contribution in [0.15, 0.2) is 47.2 Å². The van der Waals surface area contributed by atoms with Crippen molar-refractivity contribution in [2.24, 2.45) is 0 Å². The van der Waals surface area contributed by atoms with Crippen molar-refractivity contribution in [3.05, 3.63) is 58.3 Å². The first kappa shape index (κ1) is 13.7. The van der Waals surface area contributed by atoms with Gasteiger partial charge >= 0.3 is 0 Å². The highest BCUT2D eigenvalue weighted by molar-refractivity contribution is 9.10. The summed E-state index contributed by atoms with van der Waals surface area (Å²) in [6.45, 7) is 4.26. The minimum absolute atomic E-state index is 0.126. The Kier molecular flexibility index (Phi) is 4.32. The fraction of sp³-hybridized carbons (Fsp3) is 0.200. The molecule has 19 heavy (non-hydrogen) atoms. The second-order valence-electron chi connectivity index (χ2n) is 4.60. The predicted octanol–water partition coefficient (Wildman–Crippen LogP) is 4.22. The summed E-state index contributed by atoms with van der Waals surface area (Å²) in [7, 11) is 0. The van der Waals surface area contributed by atoms with Gasteiger partial charge in [-0.3, -0.25) is 4.79 Å². The van der Waals surface area contributed by atoms with Gasteiger partial charge in [0.05, 0.1) is 11.9 Å². The van der Waals surface area contributed by atoms with Gasteiger partial charge in [0.15, 0.2) is 0 Å². The Bertz CT molecular complexity index is 562. The number of rotatable bonds is 3. The molecule has 0 atom stereocenters. The topological polar surface area (TPSA) is 42.0 Å². The summed E-state index contributed by atoms with van der Waals surface area (Å²) in [6.07, 6.45) is 1.62. The number of pyridine rings is 1. The maximum atomic E-state index is 12.0. The molecule has 0 saturated carbocycles. The largest absolute Gasteiger partial charge is 0.321 e. The standard InChI is InChI=1S/C15H15BrN2O/c1-10(2)11-3-5-12(6-4-11)15(19)18-13-7-8-14(16)17-9-13/h3-10H,1-2H3,(H,18,19). The van der Waals surface area contributed by atoms with Crippen molar-refractivity contribution >= 4 is 27.5 Å². The van der Waals surface area contributed by atoms with E-state index in [1.54, 1.807) is 18.3 Å². The quantitative estimate of drug-likeness (QED) is 0.861. The average Bonchev–Trinajstić information content (AvgIpc) is 2.41. The summed E-state index contributed by atoms with van der Waals surface area (Å²) < 4.78 is 0.742. The number of carbonyl (C=O) groups excluding carboxylic acids is 1. The molecule has 0 aliphatic carbocycles. The van der Waals surface area contributed by atoms with Crippen LogP contribution in [0.25, 0.3) is 0 Å². The van der Waals surface area contributed by atoms with Gasteiger partial charge in [-0.1, -0.05) is 26.0 Å². The Morgan fingerprint density at radius 2 is 1.84 bits per heavy atom. The summed E-state index contributed by atoms with van der Waals surface area (Å²) in [5, 5.41) is 2.81. The van der Waals surface area contributed by atoms with Crippen LogP contribution in [0.5, 0.6) is 0 Å². The molecule has 1 aromatic carbocycles. The third kappa shape index (κ3) is 3.64.